The van der Waals surface area contributed by atoms with Gasteiger partial charge in [0.15, 0.2) is 18.1 Å². The summed E-state index contributed by atoms with van der Waals surface area (Å²) in [6, 6.07) is 21.4. The number of nitrogens with zero attached hydrogens (tertiary/aromatic N) is 1. The molecule has 0 radical (unpaired) electrons. The molecule has 3 aromatic rings. The van der Waals surface area contributed by atoms with E-state index in [9.17, 15) is 9.59 Å². The third kappa shape index (κ3) is 7.90. The largest absolute Gasteiger partial charge is 0.497 e. The van der Waals surface area contributed by atoms with Crippen LogP contribution in [0.25, 0.3) is 0 Å². The molecule has 3 rings (SSSR count). The number of hydrogen-bond acceptors (Lipinski definition) is 6. The molecule has 0 fully saturated rings. The molecule has 0 aliphatic rings. The first-order valence-electron chi connectivity index (χ1n) is 12.0. The Morgan fingerprint density at radius 2 is 1.49 bits per heavy atom. The van der Waals surface area contributed by atoms with E-state index >= 15 is 0 Å². The standard InChI is InChI=1S/C29H34N2O6/c1-21(29(33)30-17-16-22-12-15-26(35-3)27(18-22)36-4)31(19-23-10-13-24(34-2)14-11-23)28(32)20-37-25-8-6-5-7-9-25/h5-15,18,21H,16-17,19-20H2,1-4H3,(H,30,33)/t21-/m0/s1. The molecule has 0 aromatic heterocycles. The third-order valence-corrected chi connectivity index (χ3v) is 5.95. The lowest BCUT2D eigenvalue weighted by molar-refractivity contribution is -0.142. The summed E-state index contributed by atoms with van der Waals surface area (Å²) in [6.45, 7) is 2.20. The highest BCUT2D eigenvalue weighted by Gasteiger charge is 2.26. The van der Waals surface area contributed by atoms with Gasteiger partial charge in [0, 0.05) is 13.1 Å². The zero-order valence-electron chi connectivity index (χ0n) is 21.7. The predicted octanol–water partition coefficient (Wildman–Crippen LogP) is 3.87. The van der Waals surface area contributed by atoms with Crippen LogP contribution in [0, 0.1) is 0 Å². The normalized spacial score (nSPS) is 11.2. The van der Waals surface area contributed by atoms with E-state index in [1.54, 1.807) is 40.4 Å². The maximum absolute atomic E-state index is 13.2. The molecular formula is C29H34N2O6. The van der Waals surface area contributed by atoms with Gasteiger partial charge in [0.2, 0.25) is 5.91 Å². The Morgan fingerprint density at radius 3 is 2.14 bits per heavy atom. The van der Waals surface area contributed by atoms with Crippen LogP contribution in [0.15, 0.2) is 72.8 Å². The first kappa shape index (κ1) is 27.4. The first-order chi connectivity index (χ1) is 17.9. The van der Waals surface area contributed by atoms with Gasteiger partial charge < -0.3 is 29.2 Å². The maximum atomic E-state index is 13.2. The highest BCUT2D eigenvalue weighted by atomic mass is 16.5. The van der Waals surface area contributed by atoms with E-state index in [0.717, 1.165) is 16.9 Å². The van der Waals surface area contributed by atoms with Crippen molar-refractivity contribution in [1.29, 1.82) is 0 Å². The molecule has 0 heterocycles. The lowest BCUT2D eigenvalue weighted by Crippen LogP contribution is -2.49. The summed E-state index contributed by atoms with van der Waals surface area (Å²) >= 11 is 0. The van der Waals surface area contributed by atoms with Crippen LogP contribution in [0.3, 0.4) is 0 Å². The number of amides is 2. The fourth-order valence-electron chi connectivity index (χ4n) is 3.77. The maximum Gasteiger partial charge on any atom is 0.261 e. The van der Waals surface area contributed by atoms with E-state index in [2.05, 4.69) is 5.32 Å². The van der Waals surface area contributed by atoms with Gasteiger partial charge in [-0.15, -0.1) is 0 Å². The SMILES string of the molecule is COc1ccc(CN(C(=O)COc2ccccc2)[C@@H](C)C(=O)NCCc2ccc(OC)c(OC)c2)cc1. The predicted molar refractivity (Wildman–Crippen MR) is 141 cm³/mol. The fourth-order valence-corrected chi connectivity index (χ4v) is 3.77. The van der Waals surface area contributed by atoms with Crippen molar-refractivity contribution in [2.24, 2.45) is 0 Å². The molecule has 37 heavy (non-hydrogen) atoms. The average molecular weight is 507 g/mol. The number of hydrogen-bond donors (Lipinski definition) is 1. The van der Waals surface area contributed by atoms with Gasteiger partial charge in [0.25, 0.3) is 5.91 Å². The van der Waals surface area contributed by atoms with Crippen LogP contribution in [-0.4, -0.2) is 57.2 Å². The second-order valence-corrected chi connectivity index (χ2v) is 8.38. The number of carbonyl (C=O) groups is 2. The number of methoxy groups -OCH3 is 3. The van der Waals surface area contributed by atoms with Crippen LogP contribution >= 0.6 is 0 Å². The van der Waals surface area contributed by atoms with Gasteiger partial charge in [0.1, 0.15) is 17.5 Å². The monoisotopic (exact) mass is 506 g/mol. The number of ether oxygens (including phenoxy) is 4. The van der Waals surface area contributed by atoms with Gasteiger partial charge in [-0.25, -0.2) is 0 Å². The average Bonchev–Trinajstić information content (AvgIpc) is 2.94. The number of benzene rings is 3. The van der Waals surface area contributed by atoms with Gasteiger partial charge in [-0.3, -0.25) is 9.59 Å². The van der Waals surface area contributed by atoms with Gasteiger partial charge in [-0.2, -0.15) is 0 Å². The van der Waals surface area contributed by atoms with Crippen molar-refractivity contribution in [1.82, 2.24) is 10.2 Å². The van der Waals surface area contributed by atoms with Crippen LogP contribution < -0.4 is 24.3 Å². The minimum atomic E-state index is -0.709. The second kappa shape index (κ2) is 13.8. The van der Waals surface area contributed by atoms with Crippen molar-refractivity contribution >= 4 is 11.8 Å². The Bertz CT molecular complexity index is 1150. The fraction of sp³-hybridized carbons (Fsp3) is 0.310. The van der Waals surface area contributed by atoms with E-state index in [1.807, 2.05) is 60.7 Å². The van der Waals surface area contributed by atoms with Crippen molar-refractivity contribution in [3.05, 3.63) is 83.9 Å². The van der Waals surface area contributed by atoms with E-state index in [-0.39, 0.29) is 25.0 Å². The summed E-state index contributed by atoms with van der Waals surface area (Å²) in [5.41, 5.74) is 1.87. The molecule has 0 aliphatic heterocycles. The van der Waals surface area contributed by atoms with Crippen LogP contribution in [0.5, 0.6) is 23.0 Å². The lowest BCUT2D eigenvalue weighted by Gasteiger charge is -2.29. The molecular weight excluding hydrogens is 472 g/mol. The van der Waals surface area contributed by atoms with E-state index in [0.29, 0.717) is 30.2 Å². The number of carbonyl (C=O) groups excluding carboxylic acids is 2. The summed E-state index contributed by atoms with van der Waals surface area (Å²) in [5, 5.41) is 2.94. The molecule has 196 valence electrons. The summed E-state index contributed by atoms with van der Waals surface area (Å²) < 4.78 is 21.5. The Hall–Kier alpha value is -4.20. The Morgan fingerprint density at radius 1 is 0.811 bits per heavy atom. The molecule has 3 aromatic carbocycles. The van der Waals surface area contributed by atoms with Crippen molar-refractivity contribution in [3.8, 4) is 23.0 Å². The molecule has 0 saturated heterocycles. The topological polar surface area (TPSA) is 86.3 Å². The molecule has 0 spiro atoms. The van der Waals surface area contributed by atoms with Gasteiger partial charge in [-0.05, 0) is 60.9 Å². The summed E-state index contributed by atoms with van der Waals surface area (Å²) in [5.74, 6) is 2.05. The molecule has 1 atom stereocenters. The highest BCUT2D eigenvalue weighted by Crippen LogP contribution is 2.27. The number of nitrogens with one attached hydrogen (secondary N) is 1. The molecule has 1 N–H and O–H groups in total. The third-order valence-electron chi connectivity index (χ3n) is 5.95. The van der Waals surface area contributed by atoms with Crippen LogP contribution in [-0.2, 0) is 22.6 Å². The van der Waals surface area contributed by atoms with Gasteiger partial charge >= 0.3 is 0 Å². The summed E-state index contributed by atoms with van der Waals surface area (Å²) in [4.78, 5) is 27.8. The summed E-state index contributed by atoms with van der Waals surface area (Å²) in [7, 11) is 4.77. The Balaban J connectivity index is 1.65. The van der Waals surface area contributed by atoms with Gasteiger partial charge in [-0.1, -0.05) is 36.4 Å². The number of para-hydroxylation sites is 1. The molecule has 0 saturated carbocycles. The minimum absolute atomic E-state index is 0.177. The zero-order chi connectivity index (χ0) is 26.6. The quantitative estimate of drug-likeness (QED) is 0.379. The van der Waals surface area contributed by atoms with Crippen LogP contribution in [0.2, 0.25) is 0 Å². The highest BCUT2D eigenvalue weighted by molar-refractivity contribution is 5.88. The smallest absolute Gasteiger partial charge is 0.261 e. The zero-order valence-corrected chi connectivity index (χ0v) is 21.7. The molecule has 8 heteroatoms. The van der Waals surface area contributed by atoms with Gasteiger partial charge in [0.05, 0.1) is 21.3 Å². The molecule has 0 aliphatic carbocycles. The van der Waals surface area contributed by atoms with Crippen LogP contribution in [0.1, 0.15) is 18.1 Å². The van der Waals surface area contributed by atoms with Crippen molar-refractivity contribution in [2.45, 2.75) is 25.9 Å². The lowest BCUT2D eigenvalue weighted by atomic mass is 10.1. The molecule has 0 bridgehead atoms. The minimum Gasteiger partial charge on any atom is -0.497 e. The van der Waals surface area contributed by atoms with Crippen molar-refractivity contribution in [2.75, 3.05) is 34.5 Å². The number of rotatable bonds is 13. The Kier molecular flexibility index (Phi) is 10.2. The molecule has 8 nitrogen and oxygen atoms in total. The van der Waals surface area contributed by atoms with Crippen LogP contribution in [0.4, 0.5) is 0 Å². The second-order valence-electron chi connectivity index (χ2n) is 8.38. The molecule has 0 unspecified atom stereocenters. The van der Waals surface area contributed by atoms with E-state index in [4.69, 9.17) is 18.9 Å². The van der Waals surface area contributed by atoms with E-state index in [1.165, 1.54) is 4.90 Å². The molecule has 2 amide bonds. The first-order valence-corrected chi connectivity index (χ1v) is 12.0. The van der Waals surface area contributed by atoms with Crippen molar-refractivity contribution < 1.29 is 28.5 Å². The van der Waals surface area contributed by atoms with Crippen molar-refractivity contribution in [3.63, 3.8) is 0 Å². The van der Waals surface area contributed by atoms with E-state index < -0.39 is 6.04 Å². The Labute approximate surface area is 218 Å². The summed E-state index contributed by atoms with van der Waals surface area (Å²) in [6.07, 6.45) is 0.600.